The summed E-state index contributed by atoms with van der Waals surface area (Å²) < 4.78 is 2.42. The van der Waals surface area contributed by atoms with Crippen LogP contribution in [0.1, 0.15) is 0 Å². The van der Waals surface area contributed by atoms with Gasteiger partial charge in [-0.15, -0.1) is 0 Å². The molecule has 0 aliphatic rings. The van der Waals surface area contributed by atoms with Crippen molar-refractivity contribution in [3.63, 3.8) is 0 Å². The monoisotopic (exact) mass is 714 g/mol. The van der Waals surface area contributed by atoms with E-state index in [9.17, 15) is 0 Å². The van der Waals surface area contributed by atoms with E-state index >= 15 is 0 Å². The smallest absolute Gasteiger partial charge is 0.0562 e. The van der Waals surface area contributed by atoms with Gasteiger partial charge >= 0.3 is 0 Å². The summed E-state index contributed by atoms with van der Waals surface area (Å²) in [4.78, 5) is 2.44. The fourth-order valence-corrected chi connectivity index (χ4v) is 8.23. The van der Waals surface area contributed by atoms with E-state index in [1.807, 2.05) is 0 Å². The van der Waals surface area contributed by atoms with Crippen LogP contribution in [0.15, 0.2) is 231 Å². The average molecular weight is 715 g/mol. The lowest BCUT2D eigenvalue weighted by Crippen LogP contribution is -2.11. The van der Waals surface area contributed by atoms with Gasteiger partial charge in [0.05, 0.1) is 22.4 Å². The molecule has 56 heavy (non-hydrogen) atoms. The minimum atomic E-state index is 1.10. The van der Waals surface area contributed by atoms with Crippen molar-refractivity contribution in [3.05, 3.63) is 231 Å². The lowest BCUT2D eigenvalue weighted by Gasteiger charge is -2.29. The third kappa shape index (κ3) is 5.95. The first-order valence-corrected chi connectivity index (χ1v) is 19.2. The zero-order valence-electron chi connectivity index (χ0n) is 30.8. The Morgan fingerprint density at radius 3 is 1.46 bits per heavy atom. The summed E-state index contributed by atoms with van der Waals surface area (Å²) in [7, 11) is 0. The number of anilines is 3. The second kappa shape index (κ2) is 14.4. The molecule has 0 unspecified atom stereocenters. The van der Waals surface area contributed by atoms with Crippen molar-refractivity contribution in [1.82, 2.24) is 4.57 Å². The van der Waals surface area contributed by atoms with E-state index in [1.165, 1.54) is 60.8 Å². The van der Waals surface area contributed by atoms with E-state index in [0.717, 1.165) is 28.3 Å². The molecule has 0 saturated heterocycles. The number of aromatic nitrogens is 1. The minimum absolute atomic E-state index is 1.10. The highest BCUT2D eigenvalue weighted by Gasteiger charge is 2.23. The van der Waals surface area contributed by atoms with E-state index in [4.69, 9.17) is 0 Å². The van der Waals surface area contributed by atoms with Crippen LogP contribution in [0.2, 0.25) is 0 Å². The van der Waals surface area contributed by atoms with Gasteiger partial charge < -0.3 is 9.47 Å². The van der Waals surface area contributed by atoms with Gasteiger partial charge in [-0.3, -0.25) is 0 Å². The first kappa shape index (κ1) is 33.2. The summed E-state index contributed by atoms with van der Waals surface area (Å²) in [6.45, 7) is 0. The molecule has 0 amide bonds. The summed E-state index contributed by atoms with van der Waals surface area (Å²) in [6, 6.07) is 83.0. The molecule has 0 fully saturated rings. The maximum Gasteiger partial charge on any atom is 0.0562 e. The van der Waals surface area contributed by atoms with Crippen LogP contribution < -0.4 is 4.90 Å². The molecule has 10 aromatic rings. The highest BCUT2D eigenvalue weighted by atomic mass is 15.1. The van der Waals surface area contributed by atoms with E-state index in [2.05, 4.69) is 240 Å². The number of rotatable bonds is 8. The Balaban J connectivity index is 1.17. The standard InChI is InChI=1S/C54H38N2/c1-5-18-39(19-6-1)43-34-37-51(49(38-43)41-22-9-3-10-23-41)55(44-24-11-4-12-25-44)52-30-17-31-53-54(52)48-28-15-16-29-50(48)56(53)45-35-32-42(33-36-45)47-27-14-13-26-46(47)40-20-7-2-8-21-40/h1-38H. The topological polar surface area (TPSA) is 8.17 Å². The molecule has 0 aliphatic heterocycles. The Bertz CT molecular complexity index is 2930. The molecule has 10 rings (SSSR count). The lowest BCUT2D eigenvalue weighted by molar-refractivity contribution is 1.18. The van der Waals surface area contributed by atoms with Crippen molar-refractivity contribution in [2.24, 2.45) is 0 Å². The maximum absolute atomic E-state index is 2.44. The molecule has 1 aromatic heterocycles. The lowest BCUT2D eigenvalue weighted by atomic mass is 9.94. The van der Waals surface area contributed by atoms with Crippen LogP contribution in [0.4, 0.5) is 17.1 Å². The Labute approximate surface area is 327 Å². The summed E-state index contributed by atoms with van der Waals surface area (Å²) in [6.07, 6.45) is 0. The Morgan fingerprint density at radius 1 is 0.304 bits per heavy atom. The van der Waals surface area contributed by atoms with E-state index in [1.54, 1.807) is 0 Å². The molecule has 0 aliphatic carbocycles. The summed E-state index contributed by atoms with van der Waals surface area (Å²) in [5.74, 6) is 0. The first-order chi connectivity index (χ1) is 27.8. The van der Waals surface area contributed by atoms with E-state index < -0.39 is 0 Å². The van der Waals surface area contributed by atoms with Crippen molar-refractivity contribution in [2.45, 2.75) is 0 Å². The van der Waals surface area contributed by atoms with Gasteiger partial charge in [0.25, 0.3) is 0 Å². The Morgan fingerprint density at radius 2 is 0.804 bits per heavy atom. The zero-order chi connectivity index (χ0) is 37.3. The van der Waals surface area contributed by atoms with Gasteiger partial charge in [-0.05, 0) is 93.5 Å². The van der Waals surface area contributed by atoms with Crippen molar-refractivity contribution in [3.8, 4) is 50.2 Å². The molecular formula is C54H38N2. The van der Waals surface area contributed by atoms with Crippen molar-refractivity contribution >= 4 is 38.9 Å². The molecule has 1 heterocycles. The highest BCUT2D eigenvalue weighted by molar-refractivity contribution is 6.17. The van der Waals surface area contributed by atoms with Crippen molar-refractivity contribution < 1.29 is 0 Å². The molecular weight excluding hydrogens is 677 g/mol. The molecule has 0 spiro atoms. The second-order valence-electron chi connectivity index (χ2n) is 14.1. The van der Waals surface area contributed by atoms with E-state index in [0.29, 0.717) is 0 Å². The number of hydrogen-bond donors (Lipinski definition) is 0. The van der Waals surface area contributed by atoms with Crippen molar-refractivity contribution in [2.75, 3.05) is 4.90 Å². The number of nitrogens with zero attached hydrogens (tertiary/aromatic N) is 2. The number of hydrogen-bond acceptors (Lipinski definition) is 1. The van der Waals surface area contributed by atoms with Crippen LogP contribution in [-0.2, 0) is 0 Å². The third-order valence-electron chi connectivity index (χ3n) is 10.8. The zero-order valence-corrected chi connectivity index (χ0v) is 30.8. The van der Waals surface area contributed by atoms with Crippen LogP contribution in [0.5, 0.6) is 0 Å². The van der Waals surface area contributed by atoms with Crippen LogP contribution in [0.3, 0.4) is 0 Å². The number of benzene rings is 9. The maximum atomic E-state index is 2.44. The van der Waals surface area contributed by atoms with Gasteiger partial charge in [0.15, 0.2) is 0 Å². The average Bonchev–Trinajstić information content (AvgIpc) is 3.63. The molecule has 0 saturated carbocycles. The van der Waals surface area contributed by atoms with Gasteiger partial charge in [-0.25, -0.2) is 0 Å². The Kier molecular flexibility index (Phi) is 8.55. The molecule has 0 radical (unpaired) electrons. The molecule has 0 atom stereocenters. The fourth-order valence-electron chi connectivity index (χ4n) is 8.23. The molecule has 0 N–H and O–H groups in total. The molecule has 2 heteroatoms. The SMILES string of the molecule is c1ccc(-c2ccc(N(c3ccccc3)c3cccc4c3c3ccccc3n4-c3ccc(-c4ccccc4-c4ccccc4)cc3)c(-c3ccccc3)c2)cc1. The molecule has 264 valence electrons. The summed E-state index contributed by atoms with van der Waals surface area (Å²) in [5.41, 5.74) is 16.4. The molecule has 0 bridgehead atoms. The van der Waals surface area contributed by atoms with Crippen LogP contribution in [0, 0.1) is 0 Å². The van der Waals surface area contributed by atoms with E-state index in [-0.39, 0.29) is 0 Å². The van der Waals surface area contributed by atoms with Gasteiger partial charge in [-0.1, -0.05) is 176 Å². The number of para-hydroxylation sites is 2. The molecule has 9 aromatic carbocycles. The van der Waals surface area contributed by atoms with Gasteiger partial charge in [0, 0.05) is 27.7 Å². The van der Waals surface area contributed by atoms with Crippen LogP contribution >= 0.6 is 0 Å². The van der Waals surface area contributed by atoms with Crippen LogP contribution in [-0.4, -0.2) is 4.57 Å². The predicted molar refractivity (Wildman–Crippen MR) is 237 cm³/mol. The summed E-state index contributed by atoms with van der Waals surface area (Å²) >= 11 is 0. The normalized spacial score (nSPS) is 11.2. The highest BCUT2D eigenvalue weighted by Crippen LogP contribution is 2.47. The predicted octanol–water partition coefficient (Wildman–Crippen LogP) is 14.9. The summed E-state index contributed by atoms with van der Waals surface area (Å²) in [5, 5.41) is 2.41. The van der Waals surface area contributed by atoms with Crippen molar-refractivity contribution in [1.29, 1.82) is 0 Å². The fraction of sp³-hybridized carbons (Fsp3) is 0. The minimum Gasteiger partial charge on any atom is -0.309 e. The van der Waals surface area contributed by atoms with Gasteiger partial charge in [0.1, 0.15) is 0 Å². The molecule has 2 nitrogen and oxygen atoms in total. The van der Waals surface area contributed by atoms with Crippen LogP contribution in [0.25, 0.3) is 72.0 Å². The largest absolute Gasteiger partial charge is 0.309 e. The van der Waals surface area contributed by atoms with Gasteiger partial charge in [-0.2, -0.15) is 0 Å². The number of fused-ring (bicyclic) bond motifs is 3. The Hall–Kier alpha value is -7.42. The quantitative estimate of drug-likeness (QED) is 0.152. The first-order valence-electron chi connectivity index (χ1n) is 19.2. The second-order valence-corrected chi connectivity index (χ2v) is 14.1. The van der Waals surface area contributed by atoms with Gasteiger partial charge in [0.2, 0.25) is 0 Å². The third-order valence-corrected chi connectivity index (χ3v) is 10.8.